The van der Waals surface area contributed by atoms with E-state index in [9.17, 15) is 9.59 Å². The van der Waals surface area contributed by atoms with Crippen molar-refractivity contribution in [3.63, 3.8) is 0 Å². The highest BCUT2D eigenvalue weighted by molar-refractivity contribution is 6.63. The Hall–Kier alpha value is -1.81. The Labute approximate surface area is 116 Å². The molecule has 1 amide bonds. The molecular weight excluding hydrogens is 264 g/mol. The molecule has 1 atom stereocenters. The van der Waals surface area contributed by atoms with Crippen LogP contribution < -0.4 is 5.32 Å². The van der Waals surface area contributed by atoms with E-state index < -0.39 is 5.37 Å². The van der Waals surface area contributed by atoms with Gasteiger partial charge in [-0.3, -0.25) is 9.59 Å². The summed E-state index contributed by atoms with van der Waals surface area (Å²) in [6, 6.07) is 8.89. The molecule has 4 nitrogen and oxygen atoms in total. The van der Waals surface area contributed by atoms with Crippen LogP contribution in [0, 0.1) is 0 Å². The van der Waals surface area contributed by atoms with E-state index in [1.54, 1.807) is 17.0 Å². The number of hydrogen-bond donors (Lipinski definition) is 1. The van der Waals surface area contributed by atoms with Gasteiger partial charge in [-0.25, -0.2) is 0 Å². The molecule has 2 aliphatic heterocycles. The monoisotopic (exact) mass is 276 g/mol. The smallest absolute Gasteiger partial charge is 0.320 e. The maximum absolute atomic E-state index is 12.3. The van der Waals surface area contributed by atoms with E-state index in [4.69, 9.17) is 11.6 Å². The van der Waals surface area contributed by atoms with Gasteiger partial charge in [0.05, 0.1) is 6.04 Å². The second kappa shape index (κ2) is 4.70. The van der Waals surface area contributed by atoms with E-state index in [1.165, 1.54) is 0 Å². The summed E-state index contributed by atoms with van der Waals surface area (Å²) in [6.07, 6.45) is 1.27. The van der Waals surface area contributed by atoms with Crippen LogP contribution in [-0.2, 0) is 0 Å². The van der Waals surface area contributed by atoms with Crippen molar-refractivity contribution in [2.45, 2.75) is 18.9 Å². The van der Waals surface area contributed by atoms with Crippen molar-refractivity contribution in [3.05, 3.63) is 47.3 Å². The number of ketones is 1. The van der Waals surface area contributed by atoms with E-state index in [0.29, 0.717) is 18.5 Å². The average Bonchev–Trinajstić information content (AvgIpc) is 2.98. The molecule has 0 radical (unpaired) electrons. The number of nitrogens with zero attached hydrogens (tertiary/aromatic N) is 1. The fourth-order valence-electron chi connectivity index (χ4n) is 2.67. The van der Waals surface area contributed by atoms with Crippen molar-refractivity contribution in [1.82, 2.24) is 10.2 Å². The maximum atomic E-state index is 12.3. The maximum Gasteiger partial charge on any atom is 0.320 e. The number of carbonyl (C=O) groups is 2. The largest absolute Gasteiger partial charge is 0.377 e. The lowest BCUT2D eigenvalue weighted by Crippen LogP contribution is -2.33. The summed E-state index contributed by atoms with van der Waals surface area (Å²) < 4.78 is 0. The summed E-state index contributed by atoms with van der Waals surface area (Å²) >= 11 is 5.54. The Kier molecular flexibility index (Phi) is 3.03. The SMILES string of the molecule is O=C(c1ccccc1)C1CC2=C(CCN2C(=O)Cl)N1. The van der Waals surface area contributed by atoms with Crippen LogP contribution in [0.2, 0.25) is 0 Å². The Bertz CT molecular complexity index is 568. The van der Waals surface area contributed by atoms with Crippen molar-refractivity contribution in [3.8, 4) is 0 Å². The molecule has 1 unspecified atom stereocenters. The molecule has 1 aromatic carbocycles. The highest BCUT2D eigenvalue weighted by atomic mass is 35.5. The molecule has 3 rings (SSSR count). The first-order chi connectivity index (χ1) is 9.16. The number of nitrogens with one attached hydrogen (secondary N) is 1. The van der Waals surface area contributed by atoms with Crippen molar-refractivity contribution in [1.29, 1.82) is 0 Å². The second-order valence-electron chi connectivity index (χ2n) is 4.71. The van der Waals surface area contributed by atoms with Crippen LogP contribution in [0.4, 0.5) is 4.79 Å². The van der Waals surface area contributed by atoms with Crippen molar-refractivity contribution >= 4 is 22.8 Å². The third-order valence-electron chi connectivity index (χ3n) is 3.59. The van der Waals surface area contributed by atoms with Crippen molar-refractivity contribution < 1.29 is 9.59 Å². The quantitative estimate of drug-likeness (QED) is 0.513. The molecular formula is C14H13ClN2O2. The van der Waals surface area contributed by atoms with Gasteiger partial charge in [-0.1, -0.05) is 30.3 Å². The predicted molar refractivity (Wildman–Crippen MR) is 71.9 cm³/mol. The summed E-state index contributed by atoms with van der Waals surface area (Å²) in [5, 5.41) is 2.74. The zero-order valence-electron chi connectivity index (χ0n) is 10.2. The van der Waals surface area contributed by atoms with E-state index in [2.05, 4.69) is 5.32 Å². The number of benzene rings is 1. The zero-order chi connectivity index (χ0) is 13.4. The summed E-state index contributed by atoms with van der Waals surface area (Å²) in [4.78, 5) is 25.2. The standard InChI is InChI=1S/C14H13ClN2O2/c15-14(19)17-7-6-10-12(17)8-11(16-10)13(18)9-4-2-1-3-5-9/h1-5,11,16H,6-8H2. The third kappa shape index (κ3) is 2.12. The third-order valence-corrected chi connectivity index (χ3v) is 3.80. The highest BCUT2D eigenvalue weighted by Crippen LogP contribution is 2.32. The first kappa shape index (κ1) is 12.2. The molecule has 0 spiro atoms. The molecule has 0 aliphatic carbocycles. The fourth-order valence-corrected chi connectivity index (χ4v) is 2.85. The first-order valence-corrected chi connectivity index (χ1v) is 6.59. The number of halogens is 1. The van der Waals surface area contributed by atoms with Crippen LogP contribution in [-0.4, -0.2) is 28.6 Å². The number of hydrogen-bond acceptors (Lipinski definition) is 3. The highest BCUT2D eigenvalue weighted by Gasteiger charge is 2.37. The molecule has 0 saturated carbocycles. The molecule has 0 bridgehead atoms. The van der Waals surface area contributed by atoms with Gasteiger partial charge in [0, 0.05) is 36.3 Å². The van der Waals surface area contributed by atoms with Gasteiger partial charge in [-0.15, -0.1) is 0 Å². The van der Waals surface area contributed by atoms with Gasteiger partial charge in [0.25, 0.3) is 0 Å². The molecule has 5 heteroatoms. The summed E-state index contributed by atoms with van der Waals surface area (Å²) in [6.45, 7) is 0.603. The van der Waals surface area contributed by atoms with E-state index >= 15 is 0 Å². The van der Waals surface area contributed by atoms with Crippen LogP contribution in [0.3, 0.4) is 0 Å². The predicted octanol–water partition coefficient (Wildman–Crippen LogP) is 2.51. The number of amides is 1. The van der Waals surface area contributed by atoms with E-state index in [1.807, 2.05) is 18.2 Å². The summed E-state index contributed by atoms with van der Waals surface area (Å²) in [5.74, 6) is 0.0528. The molecule has 19 heavy (non-hydrogen) atoms. The van der Waals surface area contributed by atoms with Crippen LogP contribution >= 0.6 is 11.6 Å². The van der Waals surface area contributed by atoms with Gasteiger partial charge in [-0.05, 0) is 11.6 Å². The first-order valence-electron chi connectivity index (χ1n) is 6.21. The Morgan fingerprint density at radius 2 is 2.00 bits per heavy atom. The van der Waals surface area contributed by atoms with Crippen LogP contribution in [0.5, 0.6) is 0 Å². The van der Waals surface area contributed by atoms with Crippen molar-refractivity contribution in [2.24, 2.45) is 0 Å². The molecule has 0 saturated heterocycles. The average molecular weight is 277 g/mol. The normalized spacial score (nSPS) is 21.3. The van der Waals surface area contributed by atoms with Gasteiger partial charge in [-0.2, -0.15) is 0 Å². The minimum absolute atomic E-state index is 0.0528. The molecule has 2 heterocycles. The minimum atomic E-state index is -0.473. The molecule has 0 aromatic heterocycles. The Morgan fingerprint density at radius 1 is 1.26 bits per heavy atom. The number of rotatable bonds is 2. The lowest BCUT2D eigenvalue weighted by Gasteiger charge is -2.18. The minimum Gasteiger partial charge on any atom is -0.377 e. The number of Topliss-reactive ketones (excluding diaryl/α,β-unsaturated/α-hetero) is 1. The van der Waals surface area contributed by atoms with Crippen LogP contribution in [0.1, 0.15) is 23.2 Å². The van der Waals surface area contributed by atoms with E-state index in [-0.39, 0.29) is 11.8 Å². The number of carbonyl (C=O) groups excluding carboxylic acids is 2. The Morgan fingerprint density at radius 3 is 2.68 bits per heavy atom. The second-order valence-corrected chi connectivity index (χ2v) is 5.03. The van der Waals surface area contributed by atoms with Gasteiger partial charge < -0.3 is 10.2 Å². The van der Waals surface area contributed by atoms with E-state index in [0.717, 1.165) is 17.8 Å². The van der Waals surface area contributed by atoms with Gasteiger partial charge >= 0.3 is 5.37 Å². The molecule has 1 aromatic rings. The summed E-state index contributed by atoms with van der Waals surface area (Å²) in [5.41, 5.74) is 2.53. The van der Waals surface area contributed by atoms with Crippen LogP contribution in [0.15, 0.2) is 41.7 Å². The fraction of sp³-hybridized carbons (Fsp3) is 0.286. The zero-order valence-corrected chi connectivity index (χ0v) is 11.0. The Balaban J connectivity index is 1.75. The molecule has 2 aliphatic rings. The lowest BCUT2D eigenvalue weighted by atomic mass is 10.0. The lowest BCUT2D eigenvalue weighted by molar-refractivity contribution is 0.0949. The van der Waals surface area contributed by atoms with Gasteiger partial charge in [0.1, 0.15) is 0 Å². The molecule has 1 N–H and O–H groups in total. The molecule has 0 fully saturated rings. The summed E-state index contributed by atoms with van der Waals surface area (Å²) in [7, 11) is 0. The van der Waals surface area contributed by atoms with Crippen LogP contribution in [0.25, 0.3) is 0 Å². The topological polar surface area (TPSA) is 49.4 Å². The van der Waals surface area contributed by atoms with Gasteiger partial charge in [0.2, 0.25) is 0 Å². The van der Waals surface area contributed by atoms with Crippen molar-refractivity contribution in [2.75, 3.05) is 6.54 Å². The molecule has 98 valence electrons. The van der Waals surface area contributed by atoms with Gasteiger partial charge in [0.15, 0.2) is 5.78 Å².